The molecule has 0 aromatic carbocycles. The minimum Gasteiger partial charge on any atom is -0.263 e. The van der Waals surface area contributed by atoms with E-state index in [2.05, 4.69) is 4.98 Å². The summed E-state index contributed by atoms with van der Waals surface area (Å²) < 4.78 is 25.2. The molecule has 0 bridgehead atoms. The van der Waals surface area contributed by atoms with Crippen LogP contribution in [0.5, 0.6) is 0 Å². The number of sulfonamides is 1. The summed E-state index contributed by atoms with van der Waals surface area (Å²) in [6, 6.07) is 4.65. The number of nitrogens with zero attached hydrogens (tertiary/aromatic N) is 3. The molecule has 0 aliphatic carbocycles. The predicted molar refractivity (Wildman–Crippen MR) is 58.9 cm³/mol. The molecule has 0 saturated heterocycles. The van der Waals surface area contributed by atoms with Gasteiger partial charge in [0, 0.05) is 25.5 Å². The molecular weight excluding hydrogens is 226 g/mol. The van der Waals surface area contributed by atoms with Crippen LogP contribution in [0, 0.1) is 11.3 Å². The number of hydrogen-bond acceptors (Lipinski definition) is 4. The van der Waals surface area contributed by atoms with Crippen LogP contribution in [-0.2, 0) is 10.0 Å². The van der Waals surface area contributed by atoms with Crippen molar-refractivity contribution in [3.05, 3.63) is 24.5 Å². The Balaban J connectivity index is 3.00. The van der Waals surface area contributed by atoms with Gasteiger partial charge in [0.2, 0.25) is 10.0 Å². The number of pyridine rings is 1. The van der Waals surface area contributed by atoms with Gasteiger partial charge in [-0.1, -0.05) is 0 Å². The van der Waals surface area contributed by atoms with E-state index in [4.69, 9.17) is 5.26 Å². The summed E-state index contributed by atoms with van der Waals surface area (Å²) in [6.07, 6.45) is 2.97. The van der Waals surface area contributed by atoms with Crippen molar-refractivity contribution in [2.45, 2.75) is 24.3 Å². The molecule has 0 aliphatic heterocycles. The van der Waals surface area contributed by atoms with Crippen molar-refractivity contribution < 1.29 is 8.42 Å². The molecule has 86 valence electrons. The summed E-state index contributed by atoms with van der Waals surface area (Å²) in [5.74, 6) is 0. The van der Waals surface area contributed by atoms with Crippen LogP contribution >= 0.6 is 0 Å². The summed E-state index contributed by atoms with van der Waals surface area (Å²) in [5, 5.41) is 8.54. The van der Waals surface area contributed by atoms with E-state index < -0.39 is 10.0 Å². The lowest BCUT2D eigenvalue weighted by molar-refractivity contribution is 0.393. The second-order valence-electron chi connectivity index (χ2n) is 3.42. The van der Waals surface area contributed by atoms with Crippen LogP contribution < -0.4 is 0 Å². The van der Waals surface area contributed by atoms with Gasteiger partial charge in [-0.25, -0.2) is 8.42 Å². The third-order valence-electron chi connectivity index (χ3n) is 2.32. The first-order valence-electron chi connectivity index (χ1n) is 4.75. The largest absolute Gasteiger partial charge is 0.263 e. The molecule has 1 unspecified atom stereocenters. The topological polar surface area (TPSA) is 74.1 Å². The molecule has 1 aromatic heterocycles. The molecule has 0 aliphatic rings. The molecule has 1 heterocycles. The van der Waals surface area contributed by atoms with Crippen molar-refractivity contribution in [3.63, 3.8) is 0 Å². The Hall–Kier alpha value is -1.45. The molecular formula is C10H13N3O2S. The van der Waals surface area contributed by atoms with Crippen LogP contribution in [0.4, 0.5) is 0 Å². The Bertz CT molecular complexity index is 479. The quantitative estimate of drug-likeness (QED) is 0.785. The highest BCUT2D eigenvalue weighted by molar-refractivity contribution is 7.89. The zero-order valence-electron chi connectivity index (χ0n) is 9.16. The maximum atomic E-state index is 12.0. The second-order valence-corrected chi connectivity index (χ2v) is 5.42. The van der Waals surface area contributed by atoms with E-state index >= 15 is 0 Å². The fourth-order valence-corrected chi connectivity index (χ4v) is 2.49. The maximum absolute atomic E-state index is 12.0. The summed E-state index contributed by atoms with van der Waals surface area (Å²) in [6.45, 7) is 1.69. The van der Waals surface area contributed by atoms with E-state index in [1.54, 1.807) is 13.0 Å². The summed E-state index contributed by atoms with van der Waals surface area (Å²) in [7, 11) is -2.08. The first-order valence-corrected chi connectivity index (χ1v) is 6.19. The molecule has 6 heteroatoms. The van der Waals surface area contributed by atoms with E-state index in [0.717, 1.165) is 0 Å². The molecule has 0 amide bonds. The zero-order valence-corrected chi connectivity index (χ0v) is 9.98. The highest BCUT2D eigenvalue weighted by Crippen LogP contribution is 2.16. The van der Waals surface area contributed by atoms with Crippen LogP contribution in [0.15, 0.2) is 29.4 Å². The summed E-state index contributed by atoms with van der Waals surface area (Å²) in [5.41, 5.74) is 0. The van der Waals surface area contributed by atoms with E-state index in [1.807, 2.05) is 6.07 Å². The molecule has 16 heavy (non-hydrogen) atoms. The average molecular weight is 239 g/mol. The van der Waals surface area contributed by atoms with E-state index in [-0.39, 0.29) is 17.4 Å². The van der Waals surface area contributed by atoms with E-state index in [0.29, 0.717) is 0 Å². The Labute approximate surface area is 95.4 Å². The van der Waals surface area contributed by atoms with Gasteiger partial charge >= 0.3 is 0 Å². The molecule has 0 saturated carbocycles. The molecule has 0 radical (unpaired) electrons. The Morgan fingerprint density at radius 2 is 2.31 bits per heavy atom. The minimum atomic E-state index is -3.54. The lowest BCUT2D eigenvalue weighted by atomic mass is 10.3. The number of nitriles is 1. The van der Waals surface area contributed by atoms with Crippen LogP contribution in [0.3, 0.4) is 0 Å². The van der Waals surface area contributed by atoms with Gasteiger partial charge in [0.25, 0.3) is 0 Å². The number of aromatic nitrogens is 1. The van der Waals surface area contributed by atoms with Gasteiger partial charge in [0.1, 0.15) is 4.90 Å². The number of hydrogen-bond donors (Lipinski definition) is 0. The lowest BCUT2D eigenvalue weighted by Crippen LogP contribution is -2.34. The third kappa shape index (κ3) is 2.56. The average Bonchev–Trinajstić information content (AvgIpc) is 2.29. The van der Waals surface area contributed by atoms with Gasteiger partial charge < -0.3 is 0 Å². The van der Waals surface area contributed by atoms with Crippen LogP contribution in [-0.4, -0.2) is 30.8 Å². The normalized spacial score (nSPS) is 13.4. The first-order chi connectivity index (χ1) is 7.50. The highest BCUT2D eigenvalue weighted by atomic mass is 32.2. The van der Waals surface area contributed by atoms with Crippen molar-refractivity contribution in [1.82, 2.24) is 9.29 Å². The zero-order chi connectivity index (χ0) is 12.2. The van der Waals surface area contributed by atoms with Crippen molar-refractivity contribution >= 4 is 10.0 Å². The van der Waals surface area contributed by atoms with Crippen molar-refractivity contribution in [2.75, 3.05) is 7.05 Å². The van der Waals surface area contributed by atoms with E-state index in [9.17, 15) is 8.42 Å². The lowest BCUT2D eigenvalue weighted by Gasteiger charge is -2.21. The van der Waals surface area contributed by atoms with Crippen LogP contribution in [0.25, 0.3) is 0 Å². The third-order valence-corrected chi connectivity index (χ3v) is 4.27. The molecule has 0 fully saturated rings. The molecule has 5 nitrogen and oxygen atoms in total. The Morgan fingerprint density at radius 3 is 2.81 bits per heavy atom. The SMILES string of the molecule is CC(CC#N)N(C)S(=O)(=O)c1cccnc1. The van der Waals surface area contributed by atoms with Crippen molar-refractivity contribution in [2.24, 2.45) is 0 Å². The highest BCUT2D eigenvalue weighted by Gasteiger charge is 2.25. The van der Waals surface area contributed by atoms with Crippen LogP contribution in [0.1, 0.15) is 13.3 Å². The molecule has 1 aromatic rings. The molecule has 1 atom stereocenters. The fourth-order valence-electron chi connectivity index (χ4n) is 1.16. The van der Waals surface area contributed by atoms with Crippen molar-refractivity contribution in [3.8, 4) is 6.07 Å². The standard InChI is InChI=1S/C10H13N3O2S/c1-9(5-6-11)13(2)16(14,15)10-4-3-7-12-8-10/h3-4,7-9H,5H2,1-2H3. The van der Waals surface area contributed by atoms with Gasteiger partial charge in [-0.3, -0.25) is 4.98 Å². The van der Waals surface area contributed by atoms with Crippen LogP contribution in [0.2, 0.25) is 0 Å². The van der Waals surface area contributed by atoms with Gasteiger partial charge in [-0.05, 0) is 19.1 Å². The summed E-state index contributed by atoms with van der Waals surface area (Å²) >= 11 is 0. The monoisotopic (exact) mass is 239 g/mol. The smallest absolute Gasteiger partial charge is 0.244 e. The Morgan fingerprint density at radius 1 is 1.62 bits per heavy atom. The van der Waals surface area contributed by atoms with E-state index in [1.165, 1.54) is 29.8 Å². The number of rotatable bonds is 4. The molecule has 1 rings (SSSR count). The Kier molecular flexibility index (Phi) is 3.99. The minimum absolute atomic E-state index is 0.141. The second kappa shape index (κ2) is 5.05. The predicted octanol–water partition coefficient (Wildman–Crippen LogP) is 1.00. The van der Waals surface area contributed by atoms with Gasteiger partial charge in [-0.15, -0.1) is 0 Å². The van der Waals surface area contributed by atoms with Crippen molar-refractivity contribution in [1.29, 1.82) is 5.26 Å². The van der Waals surface area contributed by atoms with Gasteiger partial charge in [0.15, 0.2) is 0 Å². The van der Waals surface area contributed by atoms with Gasteiger partial charge in [-0.2, -0.15) is 9.57 Å². The first kappa shape index (κ1) is 12.6. The maximum Gasteiger partial charge on any atom is 0.244 e. The molecule has 0 N–H and O–H groups in total. The summed E-state index contributed by atoms with van der Waals surface area (Å²) in [4.78, 5) is 3.91. The molecule has 0 spiro atoms. The fraction of sp³-hybridized carbons (Fsp3) is 0.400. The van der Waals surface area contributed by atoms with Gasteiger partial charge in [0.05, 0.1) is 12.5 Å².